The van der Waals surface area contributed by atoms with Gasteiger partial charge in [-0.25, -0.2) is 0 Å². The molecule has 2 aromatic heterocycles. The lowest BCUT2D eigenvalue weighted by Gasteiger charge is -2.09. The minimum atomic E-state index is -0.137. The second-order valence-corrected chi connectivity index (χ2v) is 8.43. The van der Waals surface area contributed by atoms with E-state index in [4.69, 9.17) is 4.74 Å². The van der Waals surface area contributed by atoms with Gasteiger partial charge in [0.05, 0.1) is 35.5 Å². The number of benzene rings is 2. The Morgan fingerprint density at radius 2 is 1.97 bits per heavy atom. The van der Waals surface area contributed by atoms with Crippen molar-refractivity contribution in [3.05, 3.63) is 42.5 Å². The minimum absolute atomic E-state index is 0.137. The van der Waals surface area contributed by atoms with Crippen LogP contribution in [-0.2, 0) is 4.79 Å². The first-order valence-electron chi connectivity index (χ1n) is 8.69. The highest BCUT2D eigenvalue weighted by molar-refractivity contribution is 8.01. The lowest BCUT2D eigenvalue weighted by molar-refractivity contribution is -0.113. The summed E-state index contributed by atoms with van der Waals surface area (Å²) in [5, 5.41) is 15.0. The topological polar surface area (TPSA) is 102 Å². The predicted octanol–water partition coefficient (Wildman–Crippen LogP) is 4.42. The molecule has 2 heterocycles. The average molecular weight is 445 g/mol. The molecular formula is C18H16N6O2S3. The number of rotatable bonds is 8. The normalized spacial score (nSPS) is 10.8. The number of ether oxygens (including phenoxy) is 1. The van der Waals surface area contributed by atoms with Crippen molar-refractivity contribution in [3.63, 3.8) is 0 Å². The third-order valence-corrected chi connectivity index (χ3v) is 6.24. The summed E-state index contributed by atoms with van der Waals surface area (Å²) in [6.45, 7) is 2.52. The smallest absolute Gasteiger partial charge is 0.234 e. The van der Waals surface area contributed by atoms with Gasteiger partial charge in [-0.15, -0.1) is 10.2 Å². The Morgan fingerprint density at radius 3 is 2.86 bits per heavy atom. The zero-order chi connectivity index (χ0) is 20.1. The molecule has 2 aromatic carbocycles. The van der Waals surface area contributed by atoms with Crippen LogP contribution in [0.2, 0.25) is 0 Å². The molecule has 4 aromatic rings. The van der Waals surface area contributed by atoms with Crippen LogP contribution in [-0.4, -0.2) is 37.2 Å². The van der Waals surface area contributed by atoms with Gasteiger partial charge >= 0.3 is 0 Å². The molecule has 11 heteroatoms. The van der Waals surface area contributed by atoms with Crippen LogP contribution in [0.4, 0.5) is 16.5 Å². The molecule has 0 aliphatic rings. The Balaban J connectivity index is 1.35. The molecule has 1 amide bonds. The van der Waals surface area contributed by atoms with Crippen LogP contribution in [0.3, 0.4) is 0 Å². The minimum Gasteiger partial charge on any atom is -0.492 e. The second kappa shape index (κ2) is 9.16. The van der Waals surface area contributed by atoms with Gasteiger partial charge in [-0.05, 0) is 31.2 Å². The highest BCUT2D eigenvalue weighted by Gasteiger charge is 2.12. The molecule has 0 unspecified atom stereocenters. The summed E-state index contributed by atoms with van der Waals surface area (Å²) in [5.41, 5.74) is 2.96. The van der Waals surface area contributed by atoms with Crippen LogP contribution in [0.1, 0.15) is 6.92 Å². The van der Waals surface area contributed by atoms with Gasteiger partial charge in [0.2, 0.25) is 11.0 Å². The molecule has 2 N–H and O–H groups in total. The quantitative estimate of drug-likeness (QED) is 0.385. The molecule has 148 valence electrons. The Morgan fingerprint density at radius 1 is 1.10 bits per heavy atom. The maximum atomic E-state index is 12.3. The van der Waals surface area contributed by atoms with E-state index in [1.54, 1.807) is 0 Å². The van der Waals surface area contributed by atoms with E-state index in [2.05, 4.69) is 29.6 Å². The largest absolute Gasteiger partial charge is 0.492 e. The van der Waals surface area contributed by atoms with Crippen LogP contribution in [0, 0.1) is 0 Å². The Kier molecular flexibility index (Phi) is 6.17. The number of amides is 1. The molecule has 0 saturated heterocycles. The maximum absolute atomic E-state index is 12.3. The number of nitrogens with zero attached hydrogens (tertiary/aromatic N) is 4. The molecule has 0 aliphatic heterocycles. The van der Waals surface area contributed by atoms with E-state index >= 15 is 0 Å². The van der Waals surface area contributed by atoms with Crippen molar-refractivity contribution in [1.82, 2.24) is 18.9 Å². The number of carbonyl (C=O) groups excluding carboxylic acids is 1. The van der Waals surface area contributed by atoms with Crippen LogP contribution in [0.5, 0.6) is 5.75 Å². The maximum Gasteiger partial charge on any atom is 0.234 e. The van der Waals surface area contributed by atoms with Gasteiger partial charge in [-0.2, -0.15) is 8.75 Å². The van der Waals surface area contributed by atoms with Crippen molar-refractivity contribution in [2.24, 2.45) is 0 Å². The predicted molar refractivity (Wildman–Crippen MR) is 118 cm³/mol. The van der Waals surface area contributed by atoms with E-state index in [1.807, 2.05) is 49.4 Å². The summed E-state index contributed by atoms with van der Waals surface area (Å²) in [5.74, 6) is 0.837. The summed E-state index contributed by atoms with van der Waals surface area (Å²) in [7, 11) is 0. The number of hydrogen-bond acceptors (Lipinski definition) is 10. The highest BCUT2D eigenvalue weighted by Crippen LogP contribution is 2.31. The zero-order valence-electron chi connectivity index (χ0n) is 15.3. The van der Waals surface area contributed by atoms with Crippen molar-refractivity contribution in [1.29, 1.82) is 0 Å². The van der Waals surface area contributed by atoms with E-state index in [0.29, 0.717) is 27.3 Å². The SMILES string of the molecule is CCOc1ccccc1Nc1nnc(SCC(=O)Nc2cccc3nsnc23)s1. The summed E-state index contributed by atoms with van der Waals surface area (Å²) in [6, 6.07) is 13.2. The van der Waals surface area contributed by atoms with Gasteiger partial charge in [0.1, 0.15) is 16.8 Å². The van der Waals surface area contributed by atoms with E-state index in [9.17, 15) is 4.79 Å². The molecule has 8 nitrogen and oxygen atoms in total. The van der Waals surface area contributed by atoms with Gasteiger partial charge in [0.15, 0.2) is 4.34 Å². The van der Waals surface area contributed by atoms with Gasteiger partial charge in [0, 0.05) is 0 Å². The lowest BCUT2D eigenvalue weighted by atomic mass is 10.2. The van der Waals surface area contributed by atoms with Crippen LogP contribution in [0.15, 0.2) is 46.8 Å². The number of fused-ring (bicyclic) bond motifs is 1. The fraction of sp³-hybridized carbons (Fsp3) is 0.167. The number of carbonyl (C=O) groups is 1. The Labute approximate surface area is 179 Å². The fourth-order valence-electron chi connectivity index (χ4n) is 2.51. The molecular weight excluding hydrogens is 428 g/mol. The number of anilines is 3. The summed E-state index contributed by atoms with van der Waals surface area (Å²) < 4.78 is 14.7. The zero-order valence-corrected chi connectivity index (χ0v) is 17.7. The van der Waals surface area contributed by atoms with Gasteiger partial charge in [0.25, 0.3) is 0 Å². The Bertz CT molecular complexity index is 1130. The molecule has 0 radical (unpaired) electrons. The van der Waals surface area contributed by atoms with Crippen LogP contribution in [0.25, 0.3) is 11.0 Å². The third kappa shape index (κ3) is 4.81. The van der Waals surface area contributed by atoms with E-state index in [-0.39, 0.29) is 11.7 Å². The first-order valence-corrected chi connectivity index (χ1v) is 11.2. The monoisotopic (exact) mass is 444 g/mol. The first kappa shape index (κ1) is 19.6. The molecule has 0 aliphatic carbocycles. The molecule has 29 heavy (non-hydrogen) atoms. The second-order valence-electron chi connectivity index (χ2n) is 5.70. The van der Waals surface area contributed by atoms with Crippen molar-refractivity contribution < 1.29 is 9.53 Å². The summed E-state index contributed by atoms with van der Waals surface area (Å²) in [4.78, 5) is 12.3. The van der Waals surface area contributed by atoms with Crippen molar-refractivity contribution >= 4 is 68.3 Å². The van der Waals surface area contributed by atoms with Crippen molar-refractivity contribution in [2.75, 3.05) is 23.0 Å². The molecule has 4 rings (SSSR count). The number of aromatic nitrogens is 4. The standard InChI is InChI=1S/C18H16N6O2S3/c1-2-26-14-9-4-3-6-11(14)20-17-21-22-18(28-17)27-10-15(25)19-12-7-5-8-13-16(12)24-29-23-13/h3-9H,2,10H2,1H3,(H,19,25)(H,20,21). The van der Waals surface area contributed by atoms with Gasteiger partial charge in [-0.1, -0.05) is 41.3 Å². The highest BCUT2D eigenvalue weighted by atomic mass is 32.2. The van der Waals surface area contributed by atoms with E-state index in [1.165, 1.54) is 23.1 Å². The summed E-state index contributed by atoms with van der Waals surface area (Å²) in [6.07, 6.45) is 0. The van der Waals surface area contributed by atoms with Gasteiger partial charge < -0.3 is 15.4 Å². The molecule has 0 fully saturated rings. The van der Waals surface area contributed by atoms with Crippen LogP contribution < -0.4 is 15.4 Å². The van der Waals surface area contributed by atoms with E-state index in [0.717, 1.165) is 28.7 Å². The van der Waals surface area contributed by atoms with E-state index < -0.39 is 0 Å². The van der Waals surface area contributed by atoms with Crippen molar-refractivity contribution in [2.45, 2.75) is 11.3 Å². The average Bonchev–Trinajstić information content (AvgIpc) is 3.38. The molecule has 0 saturated carbocycles. The number of thioether (sulfide) groups is 1. The fourth-order valence-corrected chi connectivity index (χ4v) is 4.62. The third-order valence-electron chi connectivity index (χ3n) is 3.72. The molecule has 0 spiro atoms. The lowest BCUT2D eigenvalue weighted by Crippen LogP contribution is -2.14. The Hall–Kier alpha value is -2.76. The van der Waals surface area contributed by atoms with Crippen LogP contribution >= 0.6 is 34.8 Å². The first-order chi connectivity index (χ1) is 14.2. The molecule has 0 atom stereocenters. The summed E-state index contributed by atoms with van der Waals surface area (Å²) >= 11 is 3.83. The van der Waals surface area contributed by atoms with Gasteiger partial charge in [-0.3, -0.25) is 4.79 Å². The number of hydrogen-bond donors (Lipinski definition) is 2. The molecule has 0 bridgehead atoms. The van der Waals surface area contributed by atoms with Crippen molar-refractivity contribution in [3.8, 4) is 5.75 Å². The number of para-hydroxylation sites is 2. The number of nitrogens with one attached hydrogen (secondary N) is 2.